The largest absolute Gasteiger partial charge is 0.469 e. The molecule has 2 atom stereocenters. The predicted octanol–water partition coefficient (Wildman–Crippen LogP) is 4.52. The Bertz CT molecular complexity index is 778. The third kappa shape index (κ3) is 9.27. The molecule has 0 fully saturated rings. The lowest BCUT2D eigenvalue weighted by atomic mass is 9.86. The smallest absolute Gasteiger partial charge is 0.305 e. The van der Waals surface area contributed by atoms with Gasteiger partial charge in [0.25, 0.3) is 0 Å². The average molecular weight is 457 g/mol. The van der Waals surface area contributed by atoms with Crippen molar-refractivity contribution < 1.29 is 27.9 Å². The first-order chi connectivity index (χ1) is 14.4. The molecule has 0 bridgehead atoms. The number of carbonyl (C=O) groups is 2. The highest BCUT2D eigenvalue weighted by Crippen LogP contribution is 2.38. The summed E-state index contributed by atoms with van der Waals surface area (Å²) >= 11 is 0. The lowest BCUT2D eigenvalue weighted by Crippen LogP contribution is -2.28. The molecule has 0 saturated carbocycles. The molecule has 6 nitrogen and oxygen atoms in total. The Morgan fingerprint density at radius 2 is 1.81 bits per heavy atom. The number of hydrogen-bond donors (Lipinski definition) is 1. The number of aliphatic hydroxyl groups is 1. The van der Waals surface area contributed by atoms with E-state index in [0.717, 1.165) is 38.4 Å². The molecule has 0 aromatic rings. The molecular formula is C24H40O6S. The standard InChI is InChI=1S/C24H40O6S/c1-18(2)11-10-12-19(3)15-16-24(27)17-21(31(5,28)29)23(26)20(24)13-8-6-7-9-14-22(25)30-4/h13,17-19,27H,6-12,14-16H2,1-5H3/b20-13+. The third-order valence-corrected chi connectivity index (χ3v) is 6.96. The monoisotopic (exact) mass is 456 g/mol. The second-order valence-electron chi connectivity index (χ2n) is 9.30. The summed E-state index contributed by atoms with van der Waals surface area (Å²) in [4.78, 5) is 23.6. The van der Waals surface area contributed by atoms with Crippen molar-refractivity contribution in [3.63, 3.8) is 0 Å². The van der Waals surface area contributed by atoms with Crippen molar-refractivity contribution in [1.82, 2.24) is 0 Å². The Morgan fingerprint density at radius 1 is 1.13 bits per heavy atom. The molecule has 0 aromatic heterocycles. The number of allylic oxidation sites excluding steroid dienone is 2. The van der Waals surface area contributed by atoms with Gasteiger partial charge in [-0.1, -0.05) is 52.5 Å². The highest BCUT2D eigenvalue weighted by atomic mass is 32.2. The highest BCUT2D eigenvalue weighted by Gasteiger charge is 2.44. The molecule has 1 aliphatic rings. The van der Waals surface area contributed by atoms with Gasteiger partial charge in [0.1, 0.15) is 10.5 Å². The van der Waals surface area contributed by atoms with Gasteiger partial charge < -0.3 is 9.84 Å². The van der Waals surface area contributed by atoms with Gasteiger partial charge in [0.05, 0.1) is 7.11 Å². The van der Waals surface area contributed by atoms with Crippen molar-refractivity contribution in [2.75, 3.05) is 13.4 Å². The van der Waals surface area contributed by atoms with Gasteiger partial charge in [-0.05, 0) is 50.0 Å². The van der Waals surface area contributed by atoms with Crippen LogP contribution < -0.4 is 0 Å². The van der Waals surface area contributed by atoms with Crippen molar-refractivity contribution in [3.8, 4) is 0 Å². The summed E-state index contributed by atoms with van der Waals surface area (Å²) in [5.41, 5.74) is -1.36. The summed E-state index contributed by atoms with van der Waals surface area (Å²) < 4.78 is 28.7. The fourth-order valence-corrected chi connectivity index (χ4v) is 4.72. The summed E-state index contributed by atoms with van der Waals surface area (Å²) in [5, 5.41) is 11.2. The van der Waals surface area contributed by atoms with Crippen molar-refractivity contribution in [3.05, 3.63) is 22.6 Å². The molecule has 1 N–H and O–H groups in total. The fraction of sp³-hybridized carbons (Fsp3) is 0.750. The second kappa shape index (κ2) is 12.5. The molecule has 0 heterocycles. The number of methoxy groups -OCH3 is 1. The van der Waals surface area contributed by atoms with Gasteiger partial charge in [-0.25, -0.2) is 8.42 Å². The van der Waals surface area contributed by atoms with Crippen molar-refractivity contribution in [1.29, 1.82) is 0 Å². The topological polar surface area (TPSA) is 97.7 Å². The number of rotatable bonds is 14. The molecule has 0 amide bonds. The van der Waals surface area contributed by atoms with Crippen LogP contribution in [0.5, 0.6) is 0 Å². The number of sulfone groups is 1. The number of carbonyl (C=O) groups excluding carboxylic acids is 2. The molecule has 7 heteroatoms. The Hall–Kier alpha value is -1.47. The first kappa shape index (κ1) is 27.6. The van der Waals surface area contributed by atoms with Gasteiger partial charge in [-0.3, -0.25) is 9.59 Å². The van der Waals surface area contributed by atoms with E-state index in [0.29, 0.717) is 43.9 Å². The number of unbranched alkanes of at least 4 members (excludes halogenated alkanes) is 3. The van der Waals surface area contributed by atoms with Crippen LogP contribution in [-0.2, 0) is 24.2 Å². The zero-order valence-electron chi connectivity index (χ0n) is 19.8. The van der Waals surface area contributed by atoms with Crippen LogP contribution in [0.2, 0.25) is 0 Å². The van der Waals surface area contributed by atoms with Gasteiger partial charge in [0.2, 0.25) is 5.78 Å². The van der Waals surface area contributed by atoms with Gasteiger partial charge in [0.15, 0.2) is 9.84 Å². The number of ketones is 1. The number of Topliss-reactive ketones (excluding diaryl/α,β-unsaturated/α-hetero) is 1. The van der Waals surface area contributed by atoms with E-state index in [4.69, 9.17) is 0 Å². The molecular weight excluding hydrogens is 416 g/mol. The SMILES string of the molecule is COC(=O)CCCCC/C=C1\C(=O)C(S(C)(=O)=O)=CC1(O)CCC(C)CCCC(C)C. The van der Waals surface area contributed by atoms with E-state index in [1.54, 1.807) is 6.08 Å². The van der Waals surface area contributed by atoms with Crippen LogP contribution in [0.3, 0.4) is 0 Å². The Kier molecular flexibility index (Phi) is 11.1. The predicted molar refractivity (Wildman–Crippen MR) is 123 cm³/mol. The van der Waals surface area contributed by atoms with Gasteiger partial charge in [0, 0.05) is 18.2 Å². The summed E-state index contributed by atoms with van der Waals surface area (Å²) in [5.74, 6) is 0.203. The molecule has 2 unspecified atom stereocenters. The Balaban J connectivity index is 2.79. The summed E-state index contributed by atoms with van der Waals surface area (Å²) in [6.07, 6.45) is 11.4. The summed E-state index contributed by atoms with van der Waals surface area (Å²) in [7, 11) is -2.35. The van der Waals surface area contributed by atoms with Crippen LogP contribution in [0.4, 0.5) is 0 Å². The zero-order valence-corrected chi connectivity index (χ0v) is 20.6. The van der Waals surface area contributed by atoms with E-state index in [-0.39, 0.29) is 16.4 Å². The average Bonchev–Trinajstić information content (AvgIpc) is 2.93. The minimum atomic E-state index is -3.71. The van der Waals surface area contributed by atoms with Crippen molar-refractivity contribution >= 4 is 21.6 Å². The van der Waals surface area contributed by atoms with E-state index in [2.05, 4.69) is 25.5 Å². The summed E-state index contributed by atoms with van der Waals surface area (Å²) in [6.45, 7) is 6.52. The van der Waals surface area contributed by atoms with Crippen LogP contribution in [-0.4, -0.2) is 44.2 Å². The Morgan fingerprint density at radius 3 is 2.39 bits per heavy atom. The molecule has 0 aromatic carbocycles. The van der Waals surface area contributed by atoms with E-state index < -0.39 is 21.2 Å². The molecule has 0 aliphatic heterocycles. The normalized spacial score (nSPS) is 21.6. The maximum Gasteiger partial charge on any atom is 0.305 e. The van der Waals surface area contributed by atoms with Crippen LogP contribution in [0.15, 0.2) is 22.6 Å². The first-order valence-corrected chi connectivity index (χ1v) is 13.3. The highest BCUT2D eigenvalue weighted by molar-refractivity contribution is 7.95. The summed E-state index contributed by atoms with van der Waals surface area (Å²) in [6, 6.07) is 0. The first-order valence-electron chi connectivity index (χ1n) is 11.4. The molecule has 1 rings (SSSR count). The quantitative estimate of drug-likeness (QED) is 0.234. The lowest BCUT2D eigenvalue weighted by molar-refractivity contribution is -0.140. The van der Waals surface area contributed by atoms with E-state index in [9.17, 15) is 23.1 Å². The molecule has 0 saturated heterocycles. The van der Waals surface area contributed by atoms with Crippen LogP contribution in [0.1, 0.15) is 85.0 Å². The molecule has 0 spiro atoms. The van der Waals surface area contributed by atoms with E-state index in [1.165, 1.54) is 13.2 Å². The zero-order chi connectivity index (χ0) is 23.7. The van der Waals surface area contributed by atoms with Gasteiger partial charge in [-0.2, -0.15) is 0 Å². The second-order valence-corrected chi connectivity index (χ2v) is 11.3. The van der Waals surface area contributed by atoms with Crippen molar-refractivity contribution in [2.24, 2.45) is 11.8 Å². The molecule has 0 radical (unpaired) electrons. The van der Waals surface area contributed by atoms with Crippen LogP contribution >= 0.6 is 0 Å². The Labute approximate surface area is 188 Å². The fourth-order valence-electron chi connectivity index (χ4n) is 3.87. The molecule has 178 valence electrons. The number of ether oxygens (including phenoxy) is 1. The lowest BCUT2D eigenvalue weighted by Gasteiger charge is -2.24. The van der Waals surface area contributed by atoms with E-state index in [1.807, 2.05) is 0 Å². The molecule has 31 heavy (non-hydrogen) atoms. The molecule has 1 aliphatic carbocycles. The van der Waals surface area contributed by atoms with Gasteiger partial charge >= 0.3 is 5.97 Å². The van der Waals surface area contributed by atoms with Gasteiger partial charge in [-0.15, -0.1) is 0 Å². The third-order valence-electron chi connectivity index (χ3n) is 5.86. The maximum atomic E-state index is 12.8. The minimum Gasteiger partial charge on any atom is -0.469 e. The van der Waals surface area contributed by atoms with Crippen LogP contribution in [0, 0.1) is 11.8 Å². The van der Waals surface area contributed by atoms with E-state index >= 15 is 0 Å². The van der Waals surface area contributed by atoms with Crippen molar-refractivity contribution in [2.45, 2.75) is 90.6 Å². The maximum absolute atomic E-state index is 12.8. The number of hydrogen-bond acceptors (Lipinski definition) is 6. The van der Waals surface area contributed by atoms with Crippen LogP contribution in [0.25, 0.3) is 0 Å². The number of esters is 1. The minimum absolute atomic E-state index is 0.176.